The molecule has 0 aliphatic carbocycles. The molecule has 1 aromatic carbocycles. The lowest BCUT2D eigenvalue weighted by Gasteiger charge is -2.33. The number of likely N-dealkylation sites (tertiary alicyclic amines) is 1. The molecular weight excluding hydrogens is 319 g/mol. The molecule has 1 aromatic heterocycles. The Labute approximate surface area is 146 Å². The fourth-order valence-electron chi connectivity index (χ4n) is 2.99. The molecule has 0 spiro atoms. The smallest absolute Gasteiger partial charge is 0.323 e. The van der Waals surface area contributed by atoms with E-state index < -0.39 is 0 Å². The molecule has 3 rings (SSSR count). The van der Waals surface area contributed by atoms with Gasteiger partial charge in [-0.25, -0.2) is 9.18 Å². The second kappa shape index (κ2) is 7.42. The minimum Gasteiger partial charge on any atom is -0.324 e. The number of nitrogens with one attached hydrogen (secondary N) is 1. The van der Waals surface area contributed by atoms with Crippen LogP contribution in [0.25, 0.3) is 6.08 Å². The number of piperidine rings is 1. The number of aryl methyl sites for hydroxylation is 1. The Balaban J connectivity index is 1.67. The number of nitrogens with zero attached hydrogens (tertiary/aromatic N) is 3. The van der Waals surface area contributed by atoms with Crippen molar-refractivity contribution in [2.75, 3.05) is 18.4 Å². The van der Waals surface area contributed by atoms with Gasteiger partial charge in [-0.15, -0.1) is 5.10 Å². The van der Waals surface area contributed by atoms with Crippen LogP contribution in [0.2, 0.25) is 0 Å². The predicted molar refractivity (Wildman–Crippen MR) is 95.5 cm³/mol. The van der Waals surface area contributed by atoms with E-state index in [1.165, 1.54) is 0 Å². The maximum Gasteiger partial charge on any atom is 0.323 e. The number of hydrogen-bond acceptors (Lipinski definition) is 3. The number of halogens is 1. The monoisotopic (exact) mass is 340 g/mol. The van der Waals surface area contributed by atoms with Crippen LogP contribution >= 0.6 is 0 Å². The molecule has 1 atom stereocenters. The number of rotatable bonds is 2. The van der Waals surface area contributed by atoms with E-state index in [0.717, 1.165) is 12.0 Å². The fourth-order valence-corrected chi connectivity index (χ4v) is 2.99. The van der Waals surface area contributed by atoms with Crippen molar-refractivity contribution in [3.63, 3.8) is 0 Å². The van der Waals surface area contributed by atoms with Gasteiger partial charge in [0.2, 0.25) is 0 Å². The number of anilines is 1. The number of carbonyl (C=O) groups excluding carboxylic acids is 1. The van der Waals surface area contributed by atoms with E-state index >= 15 is 0 Å². The van der Waals surface area contributed by atoms with Crippen molar-refractivity contribution in [1.29, 1.82) is 0 Å². The number of hydrogen-bond donors (Lipinski definition) is 1. The fraction of sp³-hybridized carbons (Fsp3) is 0.316. The highest BCUT2D eigenvalue weighted by Gasteiger charge is 2.25. The minimum absolute atomic E-state index is 0.168. The normalized spacial score (nSPS) is 19.1. The number of aromatic nitrogens is 2. The van der Waals surface area contributed by atoms with Crippen molar-refractivity contribution in [3.05, 3.63) is 59.0 Å². The number of carbonyl (C=O) groups is 1. The van der Waals surface area contributed by atoms with Crippen LogP contribution in [0.5, 0.6) is 0 Å². The van der Waals surface area contributed by atoms with Crippen molar-refractivity contribution in [3.8, 4) is 0 Å². The van der Waals surface area contributed by atoms with Gasteiger partial charge in [-0.05, 0) is 37.0 Å². The van der Waals surface area contributed by atoms with Crippen LogP contribution in [0.4, 0.5) is 15.0 Å². The predicted octanol–water partition coefficient (Wildman–Crippen LogP) is 3.88. The van der Waals surface area contributed by atoms with Crippen LogP contribution in [-0.2, 0) is 0 Å². The van der Waals surface area contributed by atoms with E-state index in [9.17, 15) is 9.18 Å². The standard InChI is InChI=1S/C19H21FN4O/c1-13-5-3-6-16(18(13)20)11-15-8-10-24(12-14(15)2)19(25)22-17-7-4-9-21-23-17/h3-7,9,11,14H,8,10,12H2,1-2H3,(H,22,23,25)/b15-11+. The van der Waals surface area contributed by atoms with E-state index in [-0.39, 0.29) is 17.8 Å². The van der Waals surface area contributed by atoms with Crippen molar-refractivity contribution in [2.24, 2.45) is 5.92 Å². The minimum atomic E-state index is -0.187. The molecule has 2 heterocycles. The molecule has 1 fully saturated rings. The Kier molecular flexibility index (Phi) is 5.07. The Morgan fingerprint density at radius 2 is 2.20 bits per heavy atom. The van der Waals surface area contributed by atoms with Gasteiger partial charge in [-0.3, -0.25) is 5.32 Å². The number of benzene rings is 1. The average molecular weight is 340 g/mol. The molecular formula is C19H21FN4O. The first-order valence-corrected chi connectivity index (χ1v) is 8.34. The Bertz CT molecular complexity index is 791. The summed E-state index contributed by atoms with van der Waals surface area (Å²) in [5, 5.41) is 10.4. The third-order valence-corrected chi connectivity index (χ3v) is 4.45. The SMILES string of the molecule is Cc1cccc(/C=C2\CCN(C(=O)Nc3cccnn3)CC2C)c1F. The van der Waals surface area contributed by atoms with Crippen molar-refractivity contribution < 1.29 is 9.18 Å². The molecule has 2 aromatic rings. The van der Waals surface area contributed by atoms with Gasteiger partial charge < -0.3 is 4.90 Å². The summed E-state index contributed by atoms with van der Waals surface area (Å²) in [5.41, 5.74) is 2.41. The molecule has 0 saturated carbocycles. The molecule has 1 saturated heterocycles. The molecule has 0 radical (unpaired) electrons. The lowest BCUT2D eigenvalue weighted by molar-refractivity contribution is 0.197. The van der Waals surface area contributed by atoms with Gasteiger partial charge in [0.25, 0.3) is 0 Å². The number of amides is 2. The largest absolute Gasteiger partial charge is 0.324 e. The first-order chi connectivity index (χ1) is 12.0. The molecule has 130 valence electrons. The summed E-state index contributed by atoms with van der Waals surface area (Å²) in [7, 11) is 0. The van der Waals surface area contributed by atoms with Gasteiger partial charge >= 0.3 is 6.03 Å². The van der Waals surface area contributed by atoms with E-state index in [2.05, 4.69) is 22.4 Å². The van der Waals surface area contributed by atoms with Gasteiger partial charge in [0.1, 0.15) is 5.82 Å². The van der Waals surface area contributed by atoms with Gasteiger partial charge in [-0.2, -0.15) is 5.10 Å². The molecule has 5 nitrogen and oxygen atoms in total. The first kappa shape index (κ1) is 17.1. The highest BCUT2D eigenvalue weighted by atomic mass is 19.1. The van der Waals surface area contributed by atoms with Crippen LogP contribution in [-0.4, -0.2) is 34.2 Å². The topological polar surface area (TPSA) is 58.1 Å². The highest BCUT2D eigenvalue weighted by Crippen LogP contribution is 2.26. The van der Waals surface area contributed by atoms with Gasteiger partial charge in [-0.1, -0.05) is 36.8 Å². The van der Waals surface area contributed by atoms with E-state index in [1.807, 2.05) is 12.1 Å². The Hall–Kier alpha value is -2.76. The molecule has 25 heavy (non-hydrogen) atoms. The molecule has 1 unspecified atom stereocenters. The van der Waals surface area contributed by atoms with E-state index in [4.69, 9.17) is 0 Å². The summed E-state index contributed by atoms with van der Waals surface area (Å²) in [6.07, 6.45) is 4.20. The molecule has 1 aliphatic heterocycles. The molecule has 1 N–H and O–H groups in total. The Morgan fingerprint density at radius 3 is 2.92 bits per heavy atom. The molecule has 6 heteroatoms. The van der Waals surface area contributed by atoms with Crippen molar-refractivity contribution in [1.82, 2.24) is 15.1 Å². The van der Waals surface area contributed by atoms with Crippen LogP contribution in [0.1, 0.15) is 24.5 Å². The second-order valence-electron chi connectivity index (χ2n) is 6.33. The van der Waals surface area contributed by atoms with Gasteiger partial charge in [0.05, 0.1) is 0 Å². The lowest BCUT2D eigenvalue weighted by atomic mass is 9.91. The van der Waals surface area contributed by atoms with Gasteiger partial charge in [0.15, 0.2) is 5.82 Å². The van der Waals surface area contributed by atoms with Crippen LogP contribution in [0.3, 0.4) is 0 Å². The summed E-state index contributed by atoms with van der Waals surface area (Å²) in [4.78, 5) is 14.1. The zero-order valence-electron chi connectivity index (χ0n) is 14.4. The summed E-state index contributed by atoms with van der Waals surface area (Å²) < 4.78 is 14.2. The maximum atomic E-state index is 14.2. The van der Waals surface area contributed by atoms with Crippen LogP contribution in [0.15, 0.2) is 42.1 Å². The van der Waals surface area contributed by atoms with Gasteiger partial charge in [0, 0.05) is 24.8 Å². The third-order valence-electron chi connectivity index (χ3n) is 4.45. The zero-order chi connectivity index (χ0) is 17.8. The number of urea groups is 1. The van der Waals surface area contributed by atoms with E-state index in [1.54, 1.807) is 42.3 Å². The van der Waals surface area contributed by atoms with Crippen LogP contribution in [0, 0.1) is 18.7 Å². The first-order valence-electron chi connectivity index (χ1n) is 8.34. The molecule has 1 aliphatic rings. The average Bonchev–Trinajstić information content (AvgIpc) is 2.61. The zero-order valence-corrected chi connectivity index (χ0v) is 14.4. The summed E-state index contributed by atoms with van der Waals surface area (Å²) >= 11 is 0. The summed E-state index contributed by atoms with van der Waals surface area (Å²) in [5.74, 6) is 0.426. The molecule has 2 amide bonds. The summed E-state index contributed by atoms with van der Waals surface area (Å²) in [6.45, 7) is 5.00. The highest BCUT2D eigenvalue weighted by molar-refractivity contribution is 5.88. The molecule has 0 bridgehead atoms. The van der Waals surface area contributed by atoms with E-state index in [0.29, 0.717) is 30.0 Å². The second-order valence-corrected chi connectivity index (χ2v) is 6.33. The van der Waals surface area contributed by atoms with Crippen molar-refractivity contribution >= 4 is 17.9 Å². The Morgan fingerprint density at radius 1 is 1.36 bits per heavy atom. The lowest BCUT2D eigenvalue weighted by Crippen LogP contribution is -2.42. The third kappa shape index (κ3) is 4.02. The van der Waals surface area contributed by atoms with Crippen molar-refractivity contribution in [2.45, 2.75) is 20.3 Å². The maximum absolute atomic E-state index is 14.2. The van der Waals surface area contributed by atoms with Crippen LogP contribution < -0.4 is 5.32 Å². The quantitative estimate of drug-likeness (QED) is 0.902. The summed E-state index contributed by atoms with van der Waals surface area (Å²) in [6, 6.07) is 8.64.